The summed E-state index contributed by atoms with van der Waals surface area (Å²) in [5, 5.41) is 11.1. The van der Waals surface area contributed by atoms with Crippen LogP contribution in [0.15, 0.2) is 60.7 Å². The number of aryl methyl sites for hydroxylation is 1. The average molecular weight is 419 g/mol. The standard InChI is InChI=1S/C23H22FN5O2/c1-14-12-28(13-26-14)20-9-4-16(11-21(20)31-3)10-19-22(30)29(23(25)27-19)15(2)17-5-7-18(24)8-6-17/h4-13,15H,1-3H3,(H2,25,27)/b19-10-. The zero-order chi connectivity index (χ0) is 22.1. The first-order valence-electron chi connectivity index (χ1n) is 9.72. The van der Waals surface area contributed by atoms with Gasteiger partial charge in [-0.1, -0.05) is 18.2 Å². The second-order valence-corrected chi connectivity index (χ2v) is 7.29. The van der Waals surface area contributed by atoms with E-state index < -0.39 is 6.04 Å². The molecule has 0 spiro atoms. The molecule has 0 radical (unpaired) electrons. The van der Waals surface area contributed by atoms with Gasteiger partial charge in [-0.15, -0.1) is 0 Å². The van der Waals surface area contributed by atoms with Crippen LogP contribution in [-0.4, -0.2) is 33.4 Å². The molecule has 1 aromatic heterocycles. The monoisotopic (exact) mass is 419 g/mol. The number of halogens is 1. The number of benzene rings is 2. The molecule has 0 aliphatic carbocycles. The maximum absolute atomic E-state index is 13.2. The lowest BCUT2D eigenvalue weighted by Gasteiger charge is -2.22. The summed E-state index contributed by atoms with van der Waals surface area (Å²) in [5.41, 5.74) is 3.49. The number of nitrogens with one attached hydrogen (secondary N) is 2. The molecule has 1 unspecified atom stereocenters. The summed E-state index contributed by atoms with van der Waals surface area (Å²) >= 11 is 0. The highest BCUT2D eigenvalue weighted by molar-refractivity contribution is 6.14. The molecule has 8 heteroatoms. The SMILES string of the molecule is COc1cc(/C=C2\NC(=N)N(C(C)c3ccc(F)cc3)C2=O)ccc1-n1cnc(C)c1. The van der Waals surface area contributed by atoms with Crippen LogP contribution < -0.4 is 10.1 Å². The molecule has 31 heavy (non-hydrogen) atoms. The predicted molar refractivity (Wildman–Crippen MR) is 115 cm³/mol. The molecule has 0 saturated carbocycles. The third-order valence-electron chi connectivity index (χ3n) is 5.19. The van der Waals surface area contributed by atoms with Gasteiger partial charge in [0.1, 0.15) is 17.3 Å². The van der Waals surface area contributed by atoms with E-state index in [-0.39, 0.29) is 23.4 Å². The van der Waals surface area contributed by atoms with Crippen LogP contribution in [0.5, 0.6) is 5.75 Å². The van der Waals surface area contributed by atoms with Crippen molar-refractivity contribution in [2.24, 2.45) is 0 Å². The zero-order valence-electron chi connectivity index (χ0n) is 17.4. The predicted octanol–water partition coefficient (Wildman–Crippen LogP) is 3.80. The summed E-state index contributed by atoms with van der Waals surface area (Å²) in [6.45, 7) is 3.71. The first-order valence-corrected chi connectivity index (χ1v) is 9.72. The van der Waals surface area contributed by atoms with Crippen molar-refractivity contribution in [1.29, 1.82) is 5.41 Å². The van der Waals surface area contributed by atoms with Gasteiger partial charge in [0.15, 0.2) is 0 Å². The number of hydrogen-bond acceptors (Lipinski definition) is 4. The Hall–Kier alpha value is -3.94. The minimum atomic E-state index is -0.416. The lowest BCUT2D eigenvalue weighted by atomic mass is 10.1. The van der Waals surface area contributed by atoms with Gasteiger partial charge in [0.05, 0.1) is 30.9 Å². The largest absolute Gasteiger partial charge is 0.495 e. The van der Waals surface area contributed by atoms with Gasteiger partial charge in [-0.3, -0.25) is 15.1 Å². The number of amides is 1. The Morgan fingerprint density at radius 1 is 1.23 bits per heavy atom. The fourth-order valence-electron chi connectivity index (χ4n) is 3.55. The van der Waals surface area contributed by atoms with Gasteiger partial charge >= 0.3 is 0 Å². The van der Waals surface area contributed by atoms with E-state index in [0.29, 0.717) is 5.75 Å². The number of hydrogen-bond donors (Lipinski definition) is 2. The molecule has 1 atom stereocenters. The van der Waals surface area contributed by atoms with Crippen molar-refractivity contribution in [3.63, 3.8) is 0 Å². The summed E-state index contributed by atoms with van der Waals surface area (Å²) in [4.78, 5) is 18.6. The molecule has 2 heterocycles. The quantitative estimate of drug-likeness (QED) is 0.617. The molecule has 2 N–H and O–H groups in total. The second kappa shape index (κ2) is 8.06. The number of guanidine groups is 1. The number of imidazole rings is 1. The molecule has 7 nitrogen and oxygen atoms in total. The van der Waals surface area contributed by atoms with E-state index in [2.05, 4.69) is 10.3 Å². The van der Waals surface area contributed by atoms with Crippen LogP contribution in [0.25, 0.3) is 11.8 Å². The normalized spacial score (nSPS) is 16.0. The molecule has 1 aliphatic heterocycles. The molecule has 4 rings (SSSR count). The minimum Gasteiger partial charge on any atom is -0.495 e. The summed E-state index contributed by atoms with van der Waals surface area (Å²) in [6.07, 6.45) is 5.29. The van der Waals surface area contributed by atoms with Crippen molar-refractivity contribution in [2.75, 3.05) is 7.11 Å². The molecular weight excluding hydrogens is 397 g/mol. The van der Waals surface area contributed by atoms with Gasteiger partial charge in [-0.2, -0.15) is 0 Å². The number of ether oxygens (including phenoxy) is 1. The van der Waals surface area contributed by atoms with Gasteiger partial charge in [0.2, 0.25) is 5.96 Å². The Labute approximate surface area is 179 Å². The lowest BCUT2D eigenvalue weighted by Crippen LogP contribution is -2.34. The molecule has 1 aliphatic rings. The molecule has 2 aromatic carbocycles. The van der Waals surface area contributed by atoms with Crippen molar-refractivity contribution in [2.45, 2.75) is 19.9 Å². The van der Waals surface area contributed by atoms with E-state index in [9.17, 15) is 9.18 Å². The van der Waals surface area contributed by atoms with E-state index >= 15 is 0 Å². The maximum atomic E-state index is 13.2. The van der Waals surface area contributed by atoms with E-state index in [4.69, 9.17) is 10.1 Å². The first kappa shape index (κ1) is 20.3. The van der Waals surface area contributed by atoms with Crippen molar-refractivity contribution >= 4 is 17.9 Å². The number of nitrogens with zero attached hydrogens (tertiary/aromatic N) is 3. The Bertz CT molecular complexity index is 1180. The molecular formula is C23H22FN5O2. The van der Waals surface area contributed by atoms with Crippen LogP contribution in [-0.2, 0) is 4.79 Å². The summed E-state index contributed by atoms with van der Waals surface area (Å²) in [7, 11) is 1.58. The van der Waals surface area contributed by atoms with E-state index in [1.165, 1.54) is 17.0 Å². The summed E-state index contributed by atoms with van der Waals surface area (Å²) < 4.78 is 20.6. The van der Waals surface area contributed by atoms with E-state index in [1.54, 1.807) is 38.6 Å². The Balaban J connectivity index is 1.61. The fourth-order valence-corrected chi connectivity index (χ4v) is 3.55. The number of aromatic nitrogens is 2. The number of carbonyl (C=O) groups excluding carboxylic acids is 1. The van der Waals surface area contributed by atoms with Crippen molar-refractivity contribution in [3.8, 4) is 11.4 Å². The summed E-state index contributed by atoms with van der Waals surface area (Å²) in [6, 6.07) is 11.1. The highest BCUT2D eigenvalue weighted by Gasteiger charge is 2.35. The molecule has 158 valence electrons. The van der Waals surface area contributed by atoms with Crippen LogP contribution in [0.2, 0.25) is 0 Å². The van der Waals surface area contributed by atoms with Crippen LogP contribution in [0.4, 0.5) is 4.39 Å². The molecule has 1 fully saturated rings. The third-order valence-corrected chi connectivity index (χ3v) is 5.19. The Kier molecular flexibility index (Phi) is 5.29. The first-order chi connectivity index (χ1) is 14.9. The van der Waals surface area contributed by atoms with Gasteiger partial charge in [0, 0.05) is 6.20 Å². The van der Waals surface area contributed by atoms with Gasteiger partial charge in [-0.25, -0.2) is 9.37 Å². The average Bonchev–Trinajstić information content (AvgIpc) is 3.30. The molecule has 0 bridgehead atoms. The highest BCUT2D eigenvalue weighted by atomic mass is 19.1. The molecule has 1 saturated heterocycles. The van der Waals surface area contributed by atoms with Crippen LogP contribution >= 0.6 is 0 Å². The number of methoxy groups -OCH3 is 1. The number of carbonyl (C=O) groups is 1. The van der Waals surface area contributed by atoms with Crippen molar-refractivity contribution in [3.05, 3.63) is 83.3 Å². The Morgan fingerprint density at radius 2 is 1.97 bits per heavy atom. The zero-order valence-corrected chi connectivity index (χ0v) is 17.4. The minimum absolute atomic E-state index is 0.0226. The van der Waals surface area contributed by atoms with Crippen molar-refractivity contribution in [1.82, 2.24) is 19.8 Å². The van der Waals surface area contributed by atoms with Gasteiger partial charge in [-0.05, 0) is 55.3 Å². The topological polar surface area (TPSA) is 83.2 Å². The maximum Gasteiger partial charge on any atom is 0.277 e. The van der Waals surface area contributed by atoms with Gasteiger partial charge in [0.25, 0.3) is 5.91 Å². The third kappa shape index (κ3) is 3.92. The van der Waals surface area contributed by atoms with Crippen LogP contribution in [0.1, 0.15) is 29.8 Å². The Morgan fingerprint density at radius 3 is 2.61 bits per heavy atom. The van der Waals surface area contributed by atoms with E-state index in [0.717, 1.165) is 22.5 Å². The van der Waals surface area contributed by atoms with Gasteiger partial charge < -0.3 is 14.6 Å². The molecule has 3 aromatic rings. The summed E-state index contributed by atoms with van der Waals surface area (Å²) in [5.74, 6) is -0.0646. The second-order valence-electron chi connectivity index (χ2n) is 7.29. The van der Waals surface area contributed by atoms with Crippen LogP contribution in [0.3, 0.4) is 0 Å². The van der Waals surface area contributed by atoms with Crippen molar-refractivity contribution < 1.29 is 13.9 Å². The number of rotatable bonds is 5. The van der Waals surface area contributed by atoms with Crippen LogP contribution in [0, 0.1) is 18.2 Å². The smallest absolute Gasteiger partial charge is 0.277 e. The van der Waals surface area contributed by atoms with E-state index in [1.807, 2.05) is 35.9 Å². The highest BCUT2D eigenvalue weighted by Crippen LogP contribution is 2.28. The lowest BCUT2D eigenvalue weighted by molar-refractivity contribution is -0.123. The molecule has 1 amide bonds. The fraction of sp³-hybridized carbons (Fsp3) is 0.174.